The number of allylic oxidation sites excluding steroid dienone is 1. The summed E-state index contributed by atoms with van der Waals surface area (Å²) in [6.07, 6.45) is 11.4. The van der Waals surface area contributed by atoms with Crippen molar-refractivity contribution in [1.29, 1.82) is 0 Å². The van der Waals surface area contributed by atoms with Crippen molar-refractivity contribution < 1.29 is 9.53 Å². The summed E-state index contributed by atoms with van der Waals surface area (Å²) in [5.41, 5.74) is -0.388. The molecule has 0 aromatic carbocycles. The van der Waals surface area contributed by atoms with Crippen LogP contribution in [-0.2, 0) is 9.53 Å². The number of hydrogen-bond acceptors (Lipinski definition) is 2. The highest BCUT2D eigenvalue weighted by molar-refractivity contribution is 5.69. The number of rotatable bonds is 12. The van der Waals surface area contributed by atoms with Gasteiger partial charge < -0.3 is 4.74 Å². The Kier molecular flexibility index (Phi) is 10.6. The van der Waals surface area contributed by atoms with E-state index >= 15 is 0 Å². The fourth-order valence-corrected chi connectivity index (χ4v) is 1.67. The second-order valence-electron chi connectivity index (χ2n) is 5.46. The molecule has 2 radical (unpaired) electrons. The molecule has 2 heteroatoms. The van der Waals surface area contributed by atoms with E-state index in [1.54, 1.807) is 0 Å². The lowest BCUT2D eigenvalue weighted by atomic mass is 9.92. The van der Waals surface area contributed by atoms with E-state index in [0.717, 1.165) is 25.7 Å². The molecule has 0 N–H and O–H groups in total. The minimum atomic E-state index is -0.388. The van der Waals surface area contributed by atoms with Crippen molar-refractivity contribution in [1.82, 2.24) is 0 Å². The van der Waals surface area contributed by atoms with E-state index in [1.165, 1.54) is 25.7 Å². The molecule has 0 rings (SSSR count). The lowest BCUT2D eigenvalue weighted by Crippen LogP contribution is -2.21. The summed E-state index contributed by atoms with van der Waals surface area (Å²) in [4.78, 5) is 11.5. The maximum atomic E-state index is 11.5. The maximum absolute atomic E-state index is 11.5. The molecule has 0 fully saturated rings. The summed E-state index contributed by atoms with van der Waals surface area (Å²) in [6.45, 7) is 13.9. The van der Waals surface area contributed by atoms with Crippen molar-refractivity contribution in [3.8, 4) is 0 Å². The van der Waals surface area contributed by atoms with Crippen LogP contribution in [-0.4, -0.2) is 12.6 Å². The monoisotopic (exact) mass is 266 g/mol. The third-order valence-corrected chi connectivity index (χ3v) is 3.33. The Morgan fingerprint density at radius 3 is 2.26 bits per heavy atom. The number of hydrogen-bond donors (Lipinski definition) is 0. The first-order valence-corrected chi connectivity index (χ1v) is 7.49. The fourth-order valence-electron chi connectivity index (χ4n) is 1.67. The van der Waals surface area contributed by atoms with E-state index in [2.05, 4.69) is 20.4 Å². The topological polar surface area (TPSA) is 26.3 Å². The molecule has 0 unspecified atom stereocenters. The molecule has 0 aliphatic rings. The van der Waals surface area contributed by atoms with Crippen molar-refractivity contribution in [3.05, 3.63) is 26.5 Å². The Labute approximate surface area is 119 Å². The highest BCUT2D eigenvalue weighted by Crippen LogP contribution is 2.19. The van der Waals surface area contributed by atoms with Gasteiger partial charge >= 0.3 is 5.97 Å². The zero-order valence-corrected chi connectivity index (χ0v) is 12.6. The molecule has 0 aliphatic carbocycles. The molecule has 0 saturated carbocycles. The van der Waals surface area contributed by atoms with Crippen LogP contribution < -0.4 is 0 Å². The standard InChI is InChI=1S/C17H30O2/c1-5-7-8-9-10-11-12-13-14-16(18)19-15-17(3,4)6-2/h5H,1,3-4,6-15H2,2H3. The van der Waals surface area contributed by atoms with Crippen LogP contribution in [0.1, 0.15) is 64.7 Å². The van der Waals surface area contributed by atoms with Crippen LogP contribution in [0.5, 0.6) is 0 Å². The van der Waals surface area contributed by atoms with E-state index in [4.69, 9.17) is 4.74 Å². The summed E-state index contributed by atoms with van der Waals surface area (Å²) in [5.74, 6) is -0.114. The average Bonchev–Trinajstić information content (AvgIpc) is 2.39. The van der Waals surface area contributed by atoms with Crippen LogP contribution in [0, 0.1) is 19.3 Å². The predicted molar refractivity (Wildman–Crippen MR) is 81.5 cm³/mol. The molecule has 0 aliphatic heterocycles. The summed E-state index contributed by atoms with van der Waals surface area (Å²) in [5, 5.41) is 0. The van der Waals surface area contributed by atoms with Gasteiger partial charge in [-0.2, -0.15) is 0 Å². The normalized spacial score (nSPS) is 11.3. The number of esters is 1. The number of carbonyl (C=O) groups is 1. The van der Waals surface area contributed by atoms with Crippen molar-refractivity contribution in [2.24, 2.45) is 5.41 Å². The van der Waals surface area contributed by atoms with Gasteiger partial charge in [0, 0.05) is 11.8 Å². The predicted octanol–water partition coefficient (Wildman–Crippen LogP) is 4.90. The van der Waals surface area contributed by atoms with E-state index in [0.29, 0.717) is 13.0 Å². The van der Waals surface area contributed by atoms with Crippen LogP contribution in [0.4, 0.5) is 0 Å². The Bertz CT molecular complexity index is 244. The summed E-state index contributed by atoms with van der Waals surface area (Å²) < 4.78 is 5.18. The van der Waals surface area contributed by atoms with Gasteiger partial charge in [-0.15, -0.1) is 6.58 Å². The quantitative estimate of drug-likeness (QED) is 0.285. The molecule has 0 aromatic heterocycles. The summed E-state index contributed by atoms with van der Waals surface area (Å²) in [7, 11) is 0. The minimum absolute atomic E-state index is 0.114. The molecule has 0 heterocycles. The third kappa shape index (κ3) is 12.0. The number of ether oxygens (including phenoxy) is 1. The van der Waals surface area contributed by atoms with E-state index in [9.17, 15) is 4.79 Å². The van der Waals surface area contributed by atoms with Gasteiger partial charge in [0.2, 0.25) is 0 Å². The van der Waals surface area contributed by atoms with Crippen LogP contribution >= 0.6 is 0 Å². The van der Waals surface area contributed by atoms with Gasteiger partial charge in [-0.3, -0.25) is 4.79 Å². The highest BCUT2D eigenvalue weighted by atomic mass is 16.5. The average molecular weight is 266 g/mol. The van der Waals surface area contributed by atoms with Crippen molar-refractivity contribution >= 4 is 5.97 Å². The van der Waals surface area contributed by atoms with Gasteiger partial charge in [0.05, 0.1) is 6.61 Å². The van der Waals surface area contributed by atoms with Crippen molar-refractivity contribution in [2.45, 2.75) is 64.7 Å². The van der Waals surface area contributed by atoms with Gasteiger partial charge in [-0.25, -0.2) is 0 Å². The fraction of sp³-hybridized carbons (Fsp3) is 0.706. The van der Waals surface area contributed by atoms with E-state index in [-0.39, 0.29) is 11.4 Å². The number of unbranched alkanes of at least 4 members (excludes halogenated alkanes) is 6. The molecular weight excluding hydrogens is 236 g/mol. The summed E-state index contributed by atoms with van der Waals surface area (Å²) in [6, 6.07) is 0. The molecule has 19 heavy (non-hydrogen) atoms. The lowest BCUT2D eigenvalue weighted by Gasteiger charge is -2.21. The molecule has 2 nitrogen and oxygen atoms in total. The Morgan fingerprint density at radius 2 is 1.68 bits per heavy atom. The zero-order chi connectivity index (χ0) is 14.6. The smallest absolute Gasteiger partial charge is 0.305 e. The minimum Gasteiger partial charge on any atom is -0.465 e. The van der Waals surface area contributed by atoms with Gasteiger partial charge in [0.1, 0.15) is 0 Å². The first kappa shape index (κ1) is 18.2. The van der Waals surface area contributed by atoms with Crippen molar-refractivity contribution in [2.75, 3.05) is 6.61 Å². The Morgan fingerprint density at radius 1 is 1.11 bits per heavy atom. The third-order valence-electron chi connectivity index (χ3n) is 3.33. The maximum Gasteiger partial charge on any atom is 0.305 e. The second-order valence-corrected chi connectivity index (χ2v) is 5.46. The highest BCUT2D eigenvalue weighted by Gasteiger charge is 2.17. The van der Waals surface area contributed by atoms with Gasteiger partial charge in [0.15, 0.2) is 0 Å². The summed E-state index contributed by atoms with van der Waals surface area (Å²) >= 11 is 0. The molecule has 0 aromatic rings. The van der Waals surface area contributed by atoms with Crippen molar-refractivity contribution in [3.63, 3.8) is 0 Å². The Balaban J connectivity index is 3.36. The van der Waals surface area contributed by atoms with Crippen LogP contribution in [0.25, 0.3) is 0 Å². The molecule has 0 amide bonds. The second kappa shape index (κ2) is 11.1. The molecule has 0 saturated heterocycles. The molecule has 110 valence electrons. The number of carbonyl (C=O) groups excluding carboxylic acids is 1. The van der Waals surface area contributed by atoms with Crippen LogP contribution in [0.2, 0.25) is 0 Å². The first-order valence-electron chi connectivity index (χ1n) is 7.49. The molecule has 0 atom stereocenters. The van der Waals surface area contributed by atoms with Gasteiger partial charge in [0.25, 0.3) is 0 Å². The molecule has 0 bridgehead atoms. The SMILES string of the molecule is [CH2]C([CH2])(CC)COC(=O)CCCCCCCCC=C. The molecule has 0 spiro atoms. The molecular formula is C17H30O2. The largest absolute Gasteiger partial charge is 0.465 e. The van der Waals surface area contributed by atoms with Crippen LogP contribution in [0.3, 0.4) is 0 Å². The Hall–Kier alpha value is -0.790. The zero-order valence-electron chi connectivity index (χ0n) is 12.6. The van der Waals surface area contributed by atoms with E-state index < -0.39 is 0 Å². The van der Waals surface area contributed by atoms with Gasteiger partial charge in [-0.05, 0) is 39.5 Å². The van der Waals surface area contributed by atoms with E-state index in [1.807, 2.05) is 13.0 Å². The van der Waals surface area contributed by atoms with Gasteiger partial charge in [-0.1, -0.05) is 38.7 Å². The first-order chi connectivity index (χ1) is 9.02. The lowest BCUT2D eigenvalue weighted by molar-refractivity contribution is -0.145. The van der Waals surface area contributed by atoms with Crippen LogP contribution in [0.15, 0.2) is 12.7 Å².